The molecule has 0 radical (unpaired) electrons. The van der Waals surface area contributed by atoms with Crippen LogP contribution in [0.25, 0.3) is 0 Å². The first-order valence-electron chi connectivity index (χ1n) is 5.46. The Balaban J connectivity index is 2.53. The minimum Gasteiger partial charge on any atom is -0.478 e. The summed E-state index contributed by atoms with van der Waals surface area (Å²) in [5, 5.41) is 12.1. The SMILES string of the molecule is Cn1ncc(Cl)c1S(=O)(=O)Nc1cccc(F)c1C(=O)O. The second-order valence-electron chi connectivity index (χ2n) is 3.99. The van der Waals surface area contributed by atoms with Gasteiger partial charge in [-0.2, -0.15) is 13.5 Å². The third-order valence-corrected chi connectivity index (χ3v) is 4.44. The maximum atomic E-state index is 13.5. The quantitative estimate of drug-likeness (QED) is 0.887. The van der Waals surface area contributed by atoms with Gasteiger partial charge in [-0.1, -0.05) is 17.7 Å². The molecule has 0 aliphatic heterocycles. The standard InChI is InChI=1S/C11H9ClFN3O4S/c1-16-10(6(12)5-14-16)21(19,20)15-8-4-2-3-7(13)9(8)11(17)18/h2-5,15H,1H3,(H,17,18). The zero-order chi connectivity index (χ0) is 15.8. The van der Waals surface area contributed by atoms with Crippen LogP contribution in [0.15, 0.2) is 29.4 Å². The second-order valence-corrected chi connectivity index (χ2v) is 6.00. The molecule has 1 aromatic heterocycles. The Morgan fingerprint density at radius 3 is 2.67 bits per heavy atom. The molecule has 1 aromatic carbocycles. The van der Waals surface area contributed by atoms with Crippen LogP contribution in [0.4, 0.5) is 10.1 Å². The molecule has 7 nitrogen and oxygen atoms in total. The lowest BCUT2D eigenvalue weighted by Crippen LogP contribution is -2.19. The number of anilines is 1. The van der Waals surface area contributed by atoms with Gasteiger partial charge in [0.25, 0.3) is 10.0 Å². The van der Waals surface area contributed by atoms with E-state index >= 15 is 0 Å². The fourth-order valence-electron chi connectivity index (χ4n) is 1.72. The highest BCUT2D eigenvalue weighted by atomic mass is 35.5. The van der Waals surface area contributed by atoms with Gasteiger partial charge in [0.1, 0.15) is 11.4 Å². The molecule has 10 heteroatoms. The molecule has 1 heterocycles. The Kier molecular flexibility index (Phi) is 3.88. The van der Waals surface area contributed by atoms with E-state index in [9.17, 15) is 17.6 Å². The van der Waals surface area contributed by atoms with Gasteiger partial charge in [0.05, 0.1) is 16.9 Å². The molecule has 2 aromatic rings. The van der Waals surface area contributed by atoms with Crippen LogP contribution in [0, 0.1) is 5.82 Å². The van der Waals surface area contributed by atoms with E-state index < -0.39 is 33.1 Å². The summed E-state index contributed by atoms with van der Waals surface area (Å²) in [6, 6.07) is 3.23. The summed E-state index contributed by atoms with van der Waals surface area (Å²) >= 11 is 5.74. The normalized spacial score (nSPS) is 11.4. The Hall–Kier alpha value is -2.13. The van der Waals surface area contributed by atoms with Crippen molar-refractivity contribution in [3.63, 3.8) is 0 Å². The van der Waals surface area contributed by atoms with Crippen LogP contribution in [0.3, 0.4) is 0 Å². The molecule has 0 bridgehead atoms. The van der Waals surface area contributed by atoms with Crippen LogP contribution in [-0.4, -0.2) is 29.3 Å². The maximum Gasteiger partial charge on any atom is 0.340 e. The molecule has 0 saturated heterocycles. The van der Waals surface area contributed by atoms with Crippen molar-refractivity contribution in [3.8, 4) is 0 Å². The molecule has 2 rings (SSSR count). The van der Waals surface area contributed by atoms with Crippen molar-refractivity contribution in [2.24, 2.45) is 7.05 Å². The van der Waals surface area contributed by atoms with Crippen LogP contribution in [0.2, 0.25) is 5.02 Å². The monoisotopic (exact) mass is 333 g/mol. The molecule has 0 saturated carbocycles. The fraction of sp³-hybridized carbons (Fsp3) is 0.0909. The number of hydrogen-bond acceptors (Lipinski definition) is 4. The number of aromatic carboxylic acids is 1. The molecule has 0 aliphatic rings. The van der Waals surface area contributed by atoms with Gasteiger partial charge in [0, 0.05) is 7.05 Å². The molecule has 0 spiro atoms. The Morgan fingerprint density at radius 1 is 1.48 bits per heavy atom. The molecule has 0 amide bonds. The third kappa shape index (κ3) is 2.83. The summed E-state index contributed by atoms with van der Waals surface area (Å²) in [4.78, 5) is 11.0. The minimum absolute atomic E-state index is 0.140. The van der Waals surface area contributed by atoms with E-state index in [1.807, 2.05) is 4.72 Å². The number of rotatable bonds is 4. The highest BCUT2D eigenvalue weighted by Crippen LogP contribution is 2.25. The van der Waals surface area contributed by atoms with Crippen LogP contribution >= 0.6 is 11.6 Å². The first kappa shape index (κ1) is 15.3. The third-order valence-electron chi connectivity index (χ3n) is 2.57. The number of aromatic nitrogens is 2. The lowest BCUT2D eigenvalue weighted by atomic mass is 10.2. The molecule has 0 unspecified atom stereocenters. The maximum absolute atomic E-state index is 13.5. The van der Waals surface area contributed by atoms with E-state index in [4.69, 9.17) is 16.7 Å². The van der Waals surface area contributed by atoms with Gasteiger partial charge in [-0.25, -0.2) is 9.18 Å². The minimum atomic E-state index is -4.22. The van der Waals surface area contributed by atoms with Crippen molar-refractivity contribution in [1.82, 2.24) is 9.78 Å². The fourth-order valence-corrected chi connectivity index (χ4v) is 3.45. The summed E-state index contributed by atoms with van der Waals surface area (Å²) in [5.74, 6) is -2.65. The lowest BCUT2D eigenvalue weighted by Gasteiger charge is -2.11. The van der Waals surface area contributed by atoms with E-state index in [0.717, 1.165) is 23.0 Å². The summed E-state index contributed by atoms with van der Waals surface area (Å²) in [7, 11) is -2.86. The van der Waals surface area contributed by atoms with Crippen molar-refractivity contribution in [2.75, 3.05) is 4.72 Å². The van der Waals surface area contributed by atoms with Gasteiger partial charge in [-0.05, 0) is 12.1 Å². The van der Waals surface area contributed by atoms with Crippen molar-refractivity contribution in [2.45, 2.75) is 5.03 Å². The van der Waals surface area contributed by atoms with E-state index in [1.165, 1.54) is 13.1 Å². The van der Waals surface area contributed by atoms with Gasteiger partial charge >= 0.3 is 5.97 Å². The number of hydrogen-bond donors (Lipinski definition) is 2. The highest BCUT2D eigenvalue weighted by Gasteiger charge is 2.26. The van der Waals surface area contributed by atoms with Gasteiger partial charge in [-0.15, -0.1) is 0 Å². The lowest BCUT2D eigenvalue weighted by molar-refractivity contribution is 0.0693. The largest absolute Gasteiger partial charge is 0.478 e. The predicted octanol–water partition coefficient (Wildman–Crippen LogP) is 1.71. The summed E-state index contributed by atoms with van der Waals surface area (Å²) in [5.41, 5.74) is -1.18. The molecule has 21 heavy (non-hydrogen) atoms. The number of carboxylic acids is 1. The first-order valence-corrected chi connectivity index (χ1v) is 7.32. The average Bonchev–Trinajstić information content (AvgIpc) is 2.68. The highest BCUT2D eigenvalue weighted by molar-refractivity contribution is 7.92. The molecule has 0 atom stereocenters. The van der Waals surface area contributed by atoms with Crippen molar-refractivity contribution in [3.05, 3.63) is 40.8 Å². The van der Waals surface area contributed by atoms with Crippen molar-refractivity contribution < 1.29 is 22.7 Å². The summed E-state index contributed by atoms with van der Waals surface area (Å²) in [6.07, 6.45) is 1.12. The molecule has 112 valence electrons. The number of aryl methyl sites for hydroxylation is 1. The number of nitrogens with one attached hydrogen (secondary N) is 1. The van der Waals surface area contributed by atoms with Crippen LogP contribution < -0.4 is 4.72 Å². The summed E-state index contributed by atoms with van der Waals surface area (Å²) in [6.45, 7) is 0. The van der Waals surface area contributed by atoms with Gasteiger partial charge in [0.15, 0.2) is 5.03 Å². The van der Waals surface area contributed by atoms with Crippen LogP contribution in [-0.2, 0) is 17.1 Å². The molecule has 2 N–H and O–H groups in total. The number of halogens is 2. The molecular formula is C11H9ClFN3O4S. The zero-order valence-corrected chi connectivity index (χ0v) is 12.1. The van der Waals surface area contributed by atoms with Crippen LogP contribution in [0.1, 0.15) is 10.4 Å². The van der Waals surface area contributed by atoms with E-state index in [-0.39, 0.29) is 10.0 Å². The first-order chi connectivity index (χ1) is 9.74. The number of nitrogens with zero attached hydrogens (tertiary/aromatic N) is 2. The Bertz CT molecular complexity index is 799. The van der Waals surface area contributed by atoms with E-state index in [2.05, 4.69) is 5.10 Å². The molecule has 0 aliphatic carbocycles. The summed E-state index contributed by atoms with van der Waals surface area (Å²) < 4.78 is 41.0. The molecular weight excluding hydrogens is 325 g/mol. The Morgan fingerprint density at radius 2 is 2.14 bits per heavy atom. The van der Waals surface area contributed by atoms with Crippen molar-refractivity contribution in [1.29, 1.82) is 0 Å². The number of benzene rings is 1. The Labute approximate surface area is 124 Å². The van der Waals surface area contributed by atoms with Crippen LogP contribution in [0.5, 0.6) is 0 Å². The number of carboxylic acid groups (broad SMARTS) is 1. The van der Waals surface area contributed by atoms with E-state index in [1.54, 1.807) is 0 Å². The van der Waals surface area contributed by atoms with Crippen molar-refractivity contribution >= 4 is 33.3 Å². The van der Waals surface area contributed by atoms with Gasteiger partial charge in [-0.3, -0.25) is 9.40 Å². The van der Waals surface area contributed by atoms with Gasteiger partial charge < -0.3 is 5.11 Å². The topological polar surface area (TPSA) is 101 Å². The van der Waals surface area contributed by atoms with E-state index in [0.29, 0.717) is 0 Å². The van der Waals surface area contributed by atoms with Gasteiger partial charge in [0.2, 0.25) is 0 Å². The number of sulfonamides is 1. The zero-order valence-electron chi connectivity index (χ0n) is 10.5. The predicted molar refractivity (Wildman–Crippen MR) is 72.4 cm³/mol. The second kappa shape index (κ2) is 5.34. The smallest absolute Gasteiger partial charge is 0.340 e. The molecule has 0 fully saturated rings. The number of carbonyl (C=O) groups is 1. The average molecular weight is 334 g/mol.